The minimum Gasteiger partial charge on any atom is -0.371 e. The molecule has 29 heavy (non-hydrogen) atoms. The normalized spacial score (nSPS) is 11.9. The predicted octanol–water partition coefficient (Wildman–Crippen LogP) is 5.06. The van der Waals surface area contributed by atoms with Crippen LogP contribution >= 0.6 is 0 Å². The van der Waals surface area contributed by atoms with Crippen LogP contribution in [0.3, 0.4) is 0 Å². The maximum Gasteiger partial charge on any atom is 0.293 e. The molecule has 1 heterocycles. The van der Waals surface area contributed by atoms with Gasteiger partial charge in [-0.25, -0.2) is 0 Å². The molecule has 1 amide bonds. The molecular formula is C22H30N4O3. The summed E-state index contributed by atoms with van der Waals surface area (Å²) >= 11 is 0. The van der Waals surface area contributed by atoms with E-state index in [0.29, 0.717) is 30.3 Å². The van der Waals surface area contributed by atoms with Crippen molar-refractivity contribution in [2.24, 2.45) is 5.92 Å². The number of nitro benzene ring substituents is 1. The van der Waals surface area contributed by atoms with Crippen LogP contribution in [0.15, 0.2) is 42.6 Å². The number of nitro groups is 1. The van der Waals surface area contributed by atoms with Crippen LogP contribution in [-0.4, -0.2) is 33.8 Å². The highest BCUT2D eigenvalue weighted by molar-refractivity contribution is 5.95. The van der Waals surface area contributed by atoms with Crippen LogP contribution in [-0.2, 0) is 0 Å². The molecule has 0 spiro atoms. The number of aromatic nitrogens is 1. The summed E-state index contributed by atoms with van der Waals surface area (Å²) in [6.07, 6.45) is 3.67. The third kappa shape index (κ3) is 5.76. The molecule has 1 unspecified atom stereocenters. The SMILES string of the molecule is CCC(CC)CN(CC)C(=O)c1ccc(NC(C)c2ccccn2)c([N+](=O)[O-])c1. The van der Waals surface area contributed by atoms with Gasteiger partial charge >= 0.3 is 0 Å². The molecule has 1 aromatic heterocycles. The molecule has 156 valence electrons. The Morgan fingerprint density at radius 1 is 1.21 bits per heavy atom. The second-order valence-corrected chi connectivity index (χ2v) is 7.14. The van der Waals surface area contributed by atoms with Crippen LogP contribution in [0.5, 0.6) is 0 Å². The fourth-order valence-corrected chi connectivity index (χ4v) is 3.27. The number of carbonyl (C=O) groups is 1. The second kappa shape index (κ2) is 10.5. The van der Waals surface area contributed by atoms with Crippen molar-refractivity contribution in [1.82, 2.24) is 9.88 Å². The number of benzene rings is 1. The van der Waals surface area contributed by atoms with E-state index in [2.05, 4.69) is 24.1 Å². The summed E-state index contributed by atoms with van der Waals surface area (Å²) in [5, 5.41) is 14.8. The Morgan fingerprint density at radius 2 is 1.93 bits per heavy atom. The van der Waals surface area contributed by atoms with Crippen LogP contribution in [0.25, 0.3) is 0 Å². The highest BCUT2D eigenvalue weighted by Gasteiger charge is 2.23. The molecule has 0 saturated heterocycles. The molecule has 0 aliphatic rings. The number of pyridine rings is 1. The monoisotopic (exact) mass is 398 g/mol. The van der Waals surface area contributed by atoms with Gasteiger partial charge in [-0.3, -0.25) is 19.9 Å². The molecule has 7 nitrogen and oxygen atoms in total. The second-order valence-electron chi connectivity index (χ2n) is 7.14. The van der Waals surface area contributed by atoms with Crippen molar-refractivity contribution in [1.29, 1.82) is 0 Å². The van der Waals surface area contributed by atoms with Crippen LogP contribution in [0.1, 0.15) is 62.6 Å². The first-order valence-corrected chi connectivity index (χ1v) is 10.2. The first-order chi connectivity index (χ1) is 13.9. The average Bonchev–Trinajstić information content (AvgIpc) is 2.75. The van der Waals surface area contributed by atoms with Gasteiger partial charge in [0.05, 0.1) is 16.7 Å². The van der Waals surface area contributed by atoms with Gasteiger partial charge in [-0.2, -0.15) is 0 Å². The number of hydrogen-bond acceptors (Lipinski definition) is 5. The minimum atomic E-state index is -0.457. The van der Waals surface area contributed by atoms with Crippen LogP contribution < -0.4 is 5.32 Å². The number of nitrogens with one attached hydrogen (secondary N) is 1. The van der Waals surface area contributed by atoms with Crippen LogP contribution in [0.4, 0.5) is 11.4 Å². The minimum absolute atomic E-state index is 0.114. The summed E-state index contributed by atoms with van der Waals surface area (Å²) in [6.45, 7) is 9.27. The number of nitrogens with zero attached hydrogens (tertiary/aromatic N) is 3. The summed E-state index contributed by atoms with van der Waals surface area (Å²) in [6, 6.07) is 9.96. The van der Waals surface area contributed by atoms with Crippen molar-refractivity contribution < 1.29 is 9.72 Å². The van der Waals surface area contributed by atoms with Crippen molar-refractivity contribution in [3.8, 4) is 0 Å². The summed E-state index contributed by atoms with van der Waals surface area (Å²) < 4.78 is 0. The Hall–Kier alpha value is -2.96. The van der Waals surface area contributed by atoms with Crippen molar-refractivity contribution in [2.45, 2.75) is 46.6 Å². The van der Waals surface area contributed by atoms with Gasteiger partial charge in [-0.05, 0) is 44.0 Å². The topological polar surface area (TPSA) is 88.4 Å². The molecule has 1 N–H and O–H groups in total. The summed E-state index contributed by atoms with van der Waals surface area (Å²) in [5.41, 5.74) is 1.37. The number of hydrogen-bond donors (Lipinski definition) is 1. The summed E-state index contributed by atoms with van der Waals surface area (Å²) in [5.74, 6) is 0.251. The lowest BCUT2D eigenvalue weighted by Crippen LogP contribution is -2.35. The first kappa shape index (κ1) is 22.3. The molecule has 0 bridgehead atoms. The molecule has 2 rings (SSSR count). The van der Waals surface area contributed by atoms with E-state index in [1.165, 1.54) is 6.07 Å². The molecule has 2 aromatic rings. The molecule has 0 fully saturated rings. The van der Waals surface area contributed by atoms with Gasteiger partial charge in [0.25, 0.3) is 11.6 Å². The Bertz CT molecular complexity index is 822. The highest BCUT2D eigenvalue weighted by Crippen LogP contribution is 2.29. The zero-order chi connectivity index (χ0) is 21.4. The lowest BCUT2D eigenvalue weighted by atomic mass is 10.0. The van der Waals surface area contributed by atoms with Gasteiger partial charge < -0.3 is 10.2 Å². The van der Waals surface area contributed by atoms with Crippen LogP contribution in [0.2, 0.25) is 0 Å². The fourth-order valence-electron chi connectivity index (χ4n) is 3.27. The van der Waals surface area contributed by atoms with Gasteiger partial charge in [0, 0.05) is 30.9 Å². The Labute approximate surface area is 172 Å². The third-order valence-electron chi connectivity index (χ3n) is 5.25. The largest absolute Gasteiger partial charge is 0.371 e. The quantitative estimate of drug-likeness (QED) is 0.446. The molecule has 0 aliphatic heterocycles. The number of rotatable bonds is 10. The van der Waals surface area contributed by atoms with Gasteiger partial charge in [-0.1, -0.05) is 32.8 Å². The molecular weight excluding hydrogens is 368 g/mol. The molecule has 1 aromatic carbocycles. The highest BCUT2D eigenvalue weighted by atomic mass is 16.6. The van der Waals surface area contributed by atoms with Crippen LogP contribution in [0, 0.1) is 16.0 Å². The maximum absolute atomic E-state index is 12.9. The van der Waals surface area contributed by atoms with E-state index < -0.39 is 4.92 Å². The molecule has 0 saturated carbocycles. The number of amides is 1. The van der Waals surface area contributed by atoms with E-state index in [-0.39, 0.29) is 17.6 Å². The predicted molar refractivity (Wildman–Crippen MR) is 115 cm³/mol. The molecule has 0 radical (unpaired) electrons. The van der Waals surface area contributed by atoms with Crippen molar-refractivity contribution in [3.05, 3.63) is 64.0 Å². The van der Waals surface area contributed by atoms with Gasteiger partial charge in [0.1, 0.15) is 5.69 Å². The third-order valence-corrected chi connectivity index (χ3v) is 5.25. The Kier molecular flexibility index (Phi) is 8.12. The first-order valence-electron chi connectivity index (χ1n) is 10.2. The number of anilines is 1. The summed E-state index contributed by atoms with van der Waals surface area (Å²) in [7, 11) is 0. The van der Waals surface area contributed by atoms with E-state index >= 15 is 0 Å². The van der Waals surface area contributed by atoms with E-state index in [1.807, 2.05) is 32.0 Å². The van der Waals surface area contributed by atoms with Crippen molar-refractivity contribution in [2.75, 3.05) is 18.4 Å². The van der Waals surface area contributed by atoms with Crippen molar-refractivity contribution in [3.63, 3.8) is 0 Å². The average molecular weight is 399 g/mol. The van der Waals surface area contributed by atoms with Gasteiger partial charge in [0.15, 0.2) is 0 Å². The fraction of sp³-hybridized carbons (Fsp3) is 0.455. The van der Waals surface area contributed by atoms with Gasteiger partial charge in [-0.15, -0.1) is 0 Å². The van der Waals surface area contributed by atoms with E-state index in [1.54, 1.807) is 23.2 Å². The Morgan fingerprint density at radius 3 is 2.48 bits per heavy atom. The molecule has 1 atom stereocenters. The number of carbonyl (C=O) groups excluding carboxylic acids is 1. The smallest absolute Gasteiger partial charge is 0.293 e. The lowest BCUT2D eigenvalue weighted by molar-refractivity contribution is -0.384. The molecule has 7 heteroatoms. The standard InChI is InChI=1S/C22H30N4O3/c1-5-17(6-2)15-25(7-3)22(27)18-11-12-20(21(14-18)26(28)29)24-16(4)19-10-8-9-13-23-19/h8-14,16-17,24H,5-7,15H2,1-4H3. The lowest BCUT2D eigenvalue weighted by Gasteiger charge is -2.25. The maximum atomic E-state index is 12.9. The zero-order valence-corrected chi connectivity index (χ0v) is 17.6. The van der Waals surface area contributed by atoms with E-state index in [9.17, 15) is 14.9 Å². The van der Waals surface area contributed by atoms with E-state index in [0.717, 1.165) is 18.5 Å². The van der Waals surface area contributed by atoms with E-state index in [4.69, 9.17) is 0 Å². The molecule has 0 aliphatic carbocycles. The Balaban J connectivity index is 2.26. The zero-order valence-electron chi connectivity index (χ0n) is 17.6. The van der Waals surface area contributed by atoms with Gasteiger partial charge in [0.2, 0.25) is 0 Å². The van der Waals surface area contributed by atoms with Crippen molar-refractivity contribution >= 4 is 17.3 Å². The summed E-state index contributed by atoms with van der Waals surface area (Å²) in [4.78, 5) is 30.2.